The second-order valence-electron chi connectivity index (χ2n) is 6.31. The highest BCUT2D eigenvalue weighted by atomic mass is 79.9. The van der Waals surface area contributed by atoms with E-state index in [1.807, 2.05) is 0 Å². The summed E-state index contributed by atoms with van der Waals surface area (Å²) in [7, 11) is 1.21. The maximum absolute atomic E-state index is 14.3. The van der Waals surface area contributed by atoms with E-state index in [-0.39, 0.29) is 16.5 Å². The molecule has 1 unspecified atom stereocenters. The number of ether oxygens (including phenoxy) is 1. The number of carbonyl (C=O) groups is 1. The summed E-state index contributed by atoms with van der Waals surface area (Å²) in [6, 6.07) is 1.96. The molecule has 130 valence electrons. The van der Waals surface area contributed by atoms with Crippen LogP contribution >= 0.6 is 15.9 Å². The zero-order valence-corrected chi connectivity index (χ0v) is 16.0. The molecule has 0 radical (unpaired) electrons. The van der Waals surface area contributed by atoms with Gasteiger partial charge in [-0.05, 0) is 49.7 Å². The summed E-state index contributed by atoms with van der Waals surface area (Å²) in [5.41, 5.74) is -1.31. The molecule has 0 saturated carbocycles. The molecule has 0 aliphatic heterocycles. The molecule has 1 aromatic carbocycles. The summed E-state index contributed by atoms with van der Waals surface area (Å²) < 4.78 is 47.0. The van der Waals surface area contributed by atoms with Gasteiger partial charge in [-0.3, -0.25) is 4.79 Å². The quantitative estimate of drug-likeness (QED) is 0.457. The van der Waals surface area contributed by atoms with E-state index in [9.17, 15) is 18.1 Å². The van der Waals surface area contributed by atoms with Gasteiger partial charge in [0.2, 0.25) is 0 Å². The maximum Gasteiger partial charge on any atom is 0.307 e. The number of esters is 1. The number of rotatable bonds is 5. The molecule has 0 heterocycles. The second-order valence-corrected chi connectivity index (χ2v) is 9.14. The standard InChI is InChI=1S/C15H20BrF2NO3S/c1-14(2,3)23(21)19-15(4,8-13(20)22-5)9-6-10(16)12(18)7-11(9)17/h6-7,19H,8H2,1-5H3/t15?,23-/m1/s1. The van der Waals surface area contributed by atoms with Gasteiger partial charge >= 0.3 is 5.97 Å². The van der Waals surface area contributed by atoms with Crippen molar-refractivity contribution in [3.63, 3.8) is 0 Å². The molecule has 0 saturated heterocycles. The van der Waals surface area contributed by atoms with Crippen LogP contribution in [0.1, 0.15) is 39.7 Å². The Morgan fingerprint density at radius 2 is 1.87 bits per heavy atom. The SMILES string of the molecule is COC(=O)CC(C)(N[S@+]([O-])C(C)(C)C)c1cc(Br)c(F)cc1F. The molecule has 4 nitrogen and oxygen atoms in total. The van der Waals surface area contributed by atoms with Gasteiger partial charge in [0.05, 0.1) is 23.5 Å². The average Bonchev–Trinajstić information content (AvgIpc) is 2.41. The van der Waals surface area contributed by atoms with Crippen molar-refractivity contribution in [3.05, 3.63) is 33.8 Å². The lowest BCUT2D eigenvalue weighted by Crippen LogP contribution is -2.51. The number of nitrogens with one attached hydrogen (secondary N) is 1. The van der Waals surface area contributed by atoms with Crippen molar-refractivity contribution in [2.24, 2.45) is 0 Å². The van der Waals surface area contributed by atoms with E-state index >= 15 is 0 Å². The van der Waals surface area contributed by atoms with Crippen molar-refractivity contribution >= 4 is 33.3 Å². The molecule has 8 heteroatoms. The number of halogens is 3. The van der Waals surface area contributed by atoms with E-state index < -0.39 is 39.3 Å². The molecule has 0 aliphatic rings. The van der Waals surface area contributed by atoms with E-state index in [1.54, 1.807) is 20.8 Å². The zero-order chi connectivity index (χ0) is 18.0. The summed E-state index contributed by atoms with van der Waals surface area (Å²) in [6.45, 7) is 6.75. The van der Waals surface area contributed by atoms with Crippen LogP contribution in [0.25, 0.3) is 0 Å². The van der Waals surface area contributed by atoms with Crippen LogP contribution in [0.2, 0.25) is 0 Å². The first-order valence-electron chi connectivity index (χ1n) is 6.82. The van der Waals surface area contributed by atoms with Crippen molar-refractivity contribution in [2.75, 3.05) is 7.11 Å². The Bertz CT molecular complexity index is 595. The van der Waals surface area contributed by atoms with E-state index in [4.69, 9.17) is 0 Å². The topological polar surface area (TPSA) is 61.4 Å². The molecule has 1 N–H and O–H groups in total. The summed E-state index contributed by atoms with van der Waals surface area (Å²) in [4.78, 5) is 11.7. The normalized spacial score (nSPS) is 15.9. The average molecular weight is 412 g/mol. The van der Waals surface area contributed by atoms with Gasteiger partial charge in [-0.15, -0.1) is 4.72 Å². The Hall–Kier alpha value is -0.700. The van der Waals surface area contributed by atoms with Crippen LogP contribution in [0.15, 0.2) is 16.6 Å². The highest BCUT2D eigenvalue weighted by Gasteiger charge is 2.41. The van der Waals surface area contributed by atoms with Gasteiger partial charge in [-0.25, -0.2) is 8.78 Å². The second kappa shape index (κ2) is 7.46. The van der Waals surface area contributed by atoms with Crippen LogP contribution in [-0.4, -0.2) is 22.4 Å². The summed E-state index contributed by atoms with van der Waals surface area (Å²) >= 11 is 1.42. The molecule has 23 heavy (non-hydrogen) atoms. The maximum atomic E-state index is 14.3. The van der Waals surface area contributed by atoms with Crippen LogP contribution < -0.4 is 4.72 Å². The fourth-order valence-corrected chi connectivity index (χ4v) is 3.09. The summed E-state index contributed by atoms with van der Waals surface area (Å²) in [5.74, 6) is -2.20. The van der Waals surface area contributed by atoms with Crippen LogP contribution in [0.5, 0.6) is 0 Å². The van der Waals surface area contributed by atoms with Gasteiger partial charge < -0.3 is 9.29 Å². The molecule has 1 rings (SSSR count). The van der Waals surface area contributed by atoms with Crippen molar-refractivity contribution in [3.8, 4) is 0 Å². The van der Waals surface area contributed by atoms with Crippen LogP contribution in [0.3, 0.4) is 0 Å². The molecule has 1 aromatic rings. The first kappa shape index (κ1) is 20.3. The fraction of sp³-hybridized carbons (Fsp3) is 0.533. The van der Waals surface area contributed by atoms with Crippen LogP contribution in [0.4, 0.5) is 8.78 Å². The van der Waals surface area contributed by atoms with Gasteiger partial charge in [-0.1, -0.05) is 0 Å². The van der Waals surface area contributed by atoms with Crippen molar-refractivity contribution in [2.45, 2.75) is 44.4 Å². The lowest BCUT2D eigenvalue weighted by atomic mass is 9.89. The molecule has 0 aliphatic carbocycles. The van der Waals surface area contributed by atoms with E-state index in [2.05, 4.69) is 25.4 Å². The van der Waals surface area contributed by atoms with Crippen molar-refractivity contribution < 1.29 is 22.9 Å². The predicted octanol–water partition coefficient (Wildman–Crippen LogP) is 3.56. The predicted molar refractivity (Wildman–Crippen MR) is 89.1 cm³/mol. The molecule has 0 fully saturated rings. The minimum absolute atomic E-state index is 0.0220. The number of hydrogen-bond acceptors (Lipinski definition) is 4. The fourth-order valence-electron chi connectivity index (χ4n) is 1.85. The number of hydrogen-bond donors (Lipinski definition) is 1. The zero-order valence-electron chi connectivity index (χ0n) is 13.6. The number of methoxy groups -OCH3 is 1. The highest BCUT2D eigenvalue weighted by molar-refractivity contribution is 9.10. The molecular formula is C15H20BrF2NO3S. The Morgan fingerprint density at radius 1 is 1.30 bits per heavy atom. The Kier molecular flexibility index (Phi) is 6.60. The van der Waals surface area contributed by atoms with Crippen LogP contribution in [0, 0.1) is 11.6 Å². The third-order valence-electron chi connectivity index (χ3n) is 3.20. The molecule has 0 spiro atoms. The summed E-state index contributed by atoms with van der Waals surface area (Å²) in [6.07, 6.45) is -0.264. The third kappa shape index (κ3) is 5.14. The molecular weight excluding hydrogens is 392 g/mol. The Morgan fingerprint density at radius 3 is 2.35 bits per heavy atom. The number of benzene rings is 1. The molecule has 0 bridgehead atoms. The highest BCUT2D eigenvalue weighted by Crippen LogP contribution is 2.33. The van der Waals surface area contributed by atoms with Gasteiger partial charge in [-0.2, -0.15) is 0 Å². The van der Waals surface area contributed by atoms with Gasteiger partial charge in [0.25, 0.3) is 0 Å². The van der Waals surface area contributed by atoms with Gasteiger partial charge in [0, 0.05) is 23.0 Å². The van der Waals surface area contributed by atoms with Crippen LogP contribution in [-0.2, 0) is 26.4 Å². The minimum Gasteiger partial charge on any atom is -0.598 e. The van der Waals surface area contributed by atoms with E-state index in [1.165, 1.54) is 20.1 Å². The number of carbonyl (C=O) groups excluding carboxylic acids is 1. The molecule has 0 aromatic heterocycles. The monoisotopic (exact) mass is 411 g/mol. The lowest BCUT2D eigenvalue weighted by molar-refractivity contribution is -0.142. The van der Waals surface area contributed by atoms with Crippen molar-refractivity contribution in [1.29, 1.82) is 0 Å². The summed E-state index contributed by atoms with van der Waals surface area (Å²) in [5, 5.41) is 0. The first-order chi connectivity index (χ1) is 10.4. The third-order valence-corrected chi connectivity index (χ3v) is 5.56. The van der Waals surface area contributed by atoms with Gasteiger partial charge in [0.1, 0.15) is 16.4 Å². The molecule has 2 atom stereocenters. The van der Waals surface area contributed by atoms with E-state index in [0.717, 1.165) is 6.07 Å². The largest absolute Gasteiger partial charge is 0.598 e. The Balaban J connectivity index is 3.34. The molecule has 0 amide bonds. The smallest absolute Gasteiger partial charge is 0.307 e. The van der Waals surface area contributed by atoms with Gasteiger partial charge in [0.15, 0.2) is 0 Å². The van der Waals surface area contributed by atoms with Crippen molar-refractivity contribution in [1.82, 2.24) is 4.72 Å². The Labute approximate surface area is 146 Å². The first-order valence-corrected chi connectivity index (χ1v) is 8.76. The lowest BCUT2D eigenvalue weighted by Gasteiger charge is -2.34. The van der Waals surface area contributed by atoms with E-state index in [0.29, 0.717) is 0 Å². The minimum atomic E-state index is -1.58.